The van der Waals surface area contributed by atoms with Crippen molar-refractivity contribution >= 4 is 27.5 Å². The Kier molecular flexibility index (Phi) is 4.91. The van der Waals surface area contributed by atoms with Gasteiger partial charge < -0.3 is 14.4 Å². The van der Waals surface area contributed by atoms with Crippen LogP contribution in [0.25, 0.3) is 0 Å². The van der Waals surface area contributed by atoms with Gasteiger partial charge in [-0.15, -0.1) is 0 Å². The molecule has 0 spiro atoms. The number of nitrogens with zero attached hydrogens (tertiary/aromatic N) is 2. The highest BCUT2D eigenvalue weighted by molar-refractivity contribution is 9.10. The largest absolute Gasteiger partial charge is 0.483 e. The predicted molar refractivity (Wildman–Crippen MR) is 73.7 cm³/mol. The van der Waals surface area contributed by atoms with Crippen molar-refractivity contribution in [3.05, 3.63) is 32.8 Å². The van der Waals surface area contributed by atoms with Crippen LogP contribution in [0.2, 0.25) is 0 Å². The van der Waals surface area contributed by atoms with Crippen LogP contribution in [0.1, 0.15) is 0 Å². The minimum atomic E-state index is -0.493. The average Bonchev–Trinajstić information content (AvgIpc) is 2.46. The molecule has 1 aliphatic rings. The van der Waals surface area contributed by atoms with Gasteiger partial charge in [-0.25, -0.2) is 0 Å². The van der Waals surface area contributed by atoms with Gasteiger partial charge in [0.2, 0.25) is 0 Å². The lowest BCUT2D eigenvalue weighted by Gasteiger charge is -2.26. The van der Waals surface area contributed by atoms with E-state index >= 15 is 0 Å². The van der Waals surface area contributed by atoms with Crippen molar-refractivity contribution in [2.75, 3.05) is 32.9 Å². The number of amides is 1. The van der Waals surface area contributed by atoms with Crippen molar-refractivity contribution < 1.29 is 19.2 Å². The lowest BCUT2D eigenvalue weighted by atomic mass is 10.3. The molecule has 2 rings (SSSR count). The van der Waals surface area contributed by atoms with Gasteiger partial charge in [0.15, 0.2) is 6.61 Å². The maximum atomic E-state index is 11.9. The molecule has 1 aromatic carbocycles. The number of halogens is 1. The molecular formula is C12H13BrN2O5. The molecule has 0 saturated carbocycles. The van der Waals surface area contributed by atoms with E-state index in [9.17, 15) is 14.9 Å². The molecule has 1 heterocycles. The SMILES string of the molecule is O=C(COc1ccc([N+](=O)[O-])cc1Br)N1CCOCC1. The van der Waals surface area contributed by atoms with Gasteiger partial charge in [0.1, 0.15) is 5.75 Å². The molecule has 1 fully saturated rings. The predicted octanol–water partition coefficient (Wildman–Crippen LogP) is 1.59. The van der Waals surface area contributed by atoms with Crippen molar-refractivity contribution in [1.82, 2.24) is 4.90 Å². The normalized spacial score (nSPS) is 14.9. The second kappa shape index (κ2) is 6.67. The Labute approximate surface area is 123 Å². The van der Waals surface area contributed by atoms with Crippen LogP contribution < -0.4 is 4.74 Å². The molecule has 0 aliphatic carbocycles. The van der Waals surface area contributed by atoms with Crippen LogP contribution in [0.3, 0.4) is 0 Å². The van der Waals surface area contributed by atoms with Crippen molar-refractivity contribution in [2.45, 2.75) is 0 Å². The average molecular weight is 345 g/mol. The number of benzene rings is 1. The maximum Gasteiger partial charge on any atom is 0.270 e. The van der Waals surface area contributed by atoms with Crippen molar-refractivity contribution in [2.24, 2.45) is 0 Å². The standard InChI is InChI=1S/C12H13BrN2O5/c13-10-7-9(15(17)18)1-2-11(10)20-8-12(16)14-3-5-19-6-4-14/h1-2,7H,3-6,8H2. The third-order valence-electron chi connectivity index (χ3n) is 2.84. The summed E-state index contributed by atoms with van der Waals surface area (Å²) in [7, 11) is 0. The van der Waals surface area contributed by atoms with Gasteiger partial charge >= 0.3 is 0 Å². The molecule has 0 aromatic heterocycles. The first-order chi connectivity index (χ1) is 9.58. The zero-order valence-electron chi connectivity index (χ0n) is 10.6. The number of carbonyl (C=O) groups excluding carboxylic acids is 1. The highest BCUT2D eigenvalue weighted by Gasteiger charge is 2.18. The number of nitro groups is 1. The summed E-state index contributed by atoms with van der Waals surface area (Å²) < 4.78 is 11.0. The zero-order chi connectivity index (χ0) is 14.5. The van der Waals surface area contributed by atoms with Crippen LogP contribution in [0, 0.1) is 10.1 Å². The van der Waals surface area contributed by atoms with Gasteiger partial charge in [-0.3, -0.25) is 14.9 Å². The quantitative estimate of drug-likeness (QED) is 0.612. The fraction of sp³-hybridized carbons (Fsp3) is 0.417. The molecule has 20 heavy (non-hydrogen) atoms. The summed E-state index contributed by atoms with van der Waals surface area (Å²) in [6.45, 7) is 2.09. The molecule has 1 aliphatic heterocycles. The molecule has 8 heteroatoms. The third kappa shape index (κ3) is 3.67. The smallest absolute Gasteiger partial charge is 0.270 e. The fourth-order valence-corrected chi connectivity index (χ4v) is 2.25. The lowest BCUT2D eigenvalue weighted by Crippen LogP contribution is -2.43. The van der Waals surface area contributed by atoms with Crippen LogP contribution >= 0.6 is 15.9 Å². The summed E-state index contributed by atoms with van der Waals surface area (Å²) in [5.74, 6) is 0.274. The maximum absolute atomic E-state index is 11.9. The Hall–Kier alpha value is -1.67. The van der Waals surface area contributed by atoms with E-state index in [-0.39, 0.29) is 18.2 Å². The van der Waals surface area contributed by atoms with Gasteiger partial charge in [0.05, 0.1) is 22.6 Å². The van der Waals surface area contributed by atoms with Crippen LogP contribution in [0.4, 0.5) is 5.69 Å². The summed E-state index contributed by atoms with van der Waals surface area (Å²) >= 11 is 3.19. The molecule has 7 nitrogen and oxygen atoms in total. The van der Waals surface area contributed by atoms with Gasteiger partial charge in [0, 0.05) is 25.2 Å². The van der Waals surface area contributed by atoms with E-state index in [1.165, 1.54) is 18.2 Å². The Morgan fingerprint density at radius 2 is 2.15 bits per heavy atom. The highest BCUT2D eigenvalue weighted by Crippen LogP contribution is 2.29. The summed E-state index contributed by atoms with van der Waals surface area (Å²) in [4.78, 5) is 23.7. The Bertz CT molecular complexity index is 517. The minimum Gasteiger partial charge on any atom is -0.483 e. The van der Waals surface area contributed by atoms with E-state index in [1.807, 2.05) is 0 Å². The second-order valence-electron chi connectivity index (χ2n) is 4.15. The van der Waals surface area contributed by atoms with Gasteiger partial charge in [0.25, 0.3) is 11.6 Å². The third-order valence-corrected chi connectivity index (χ3v) is 3.46. The highest BCUT2D eigenvalue weighted by atomic mass is 79.9. The number of hydrogen-bond acceptors (Lipinski definition) is 5. The van der Waals surface area contributed by atoms with Crippen LogP contribution in [0.15, 0.2) is 22.7 Å². The molecule has 0 N–H and O–H groups in total. The Balaban J connectivity index is 1.93. The second-order valence-corrected chi connectivity index (χ2v) is 5.01. The number of hydrogen-bond donors (Lipinski definition) is 0. The molecule has 1 amide bonds. The van der Waals surface area contributed by atoms with E-state index in [1.54, 1.807) is 4.90 Å². The zero-order valence-corrected chi connectivity index (χ0v) is 12.2. The van der Waals surface area contributed by atoms with Crippen LogP contribution in [-0.2, 0) is 9.53 Å². The number of rotatable bonds is 4. The first kappa shape index (κ1) is 14.7. The van der Waals surface area contributed by atoms with E-state index in [4.69, 9.17) is 9.47 Å². The van der Waals surface area contributed by atoms with E-state index in [0.29, 0.717) is 36.5 Å². The molecule has 1 saturated heterocycles. The number of non-ortho nitro benzene ring substituents is 1. The van der Waals surface area contributed by atoms with E-state index in [0.717, 1.165) is 0 Å². The van der Waals surface area contributed by atoms with E-state index in [2.05, 4.69) is 15.9 Å². The van der Waals surface area contributed by atoms with Crippen molar-refractivity contribution in [3.63, 3.8) is 0 Å². The molecule has 0 bridgehead atoms. The Morgan fingerprint density at radius 3 is 2.75 bits per heavy atom. The Morgan fingerprint density at radius 1 is 1.45 bits per heavy atom. The molecule has 108 valence electrons. The number of morpholine rings is 1. The van der Waals surface area contributed by atoms with Gasteiger partial charge in [-0.1, -0.05) is 0 Å². The lowest BCUT2D eigenvalue weighted by molar-refractivity contribution is -0.384. The van der Waals surface area contributed by atoms with Crippen LogP contribution in [0.5, 0.6) is 5.75 Å². The van der Waals surface area contributed by atoms with Gasteiger partial charge in [-0.2, -0.15) is 0 Å². The molecular weight excluding hydrogens is 332 g/mol. The fourth-order valence-electron chi connectivity index (χ4n) is 1.76. The summed E-state index contributed by atoms with van der Waals surface area (Å²) in [6, 6.07) is 4.14. The molecule has 0 radical (unpaired) electrons. The summed E-state index contributed by atoms with van der Waals surface area (Å²) in [5, 5.41) is 10.6. The summed E-state index contributed by atoms with van der Waals surface area (Å²) in [6.07, 6.45) is 0. The van der Waals surface area contributed by atoms with E-state index < -0.39 is 4.92 Å². The topological polar surface area (TPSA) is 81.9 Å². The number of ether oxygens (including phenoxy) is 2. The number of carbonyl (C=O) groups is 1. The first-order valence-corrected chi connectivity index (χ1v) is 6.79. The molecule has 0 atom stereocenters. The minimum absolute atomic E-state index is 0.0382. The van der Waals surface area contributed by atoms with Crippen LogP contribution in [-0.4, -0.2) is 48.6 Å². The number of nitro benzene ring substituents is 1. The van der Waals surface area contributed by atoms with Crippen molar-refractivity contribution in [1.29, 1.82) is 0 Å². The molecule has 1 aromatic rings. The van der Waals surface area contributed by atoms with Gasteiger partial charge in [-0.05, 0) is 22.0 Å². The summed E-state index contributed by atoms with van der Waals surface area (Å²) in [5.41, 5.74) is -0.0382. The monoisotopic (exact) mass is 344 g/mol. The molecule has 0 unspecified atom stereocenters. The first-order valence-electron chi connectivity index (χ1n) is 6.00. The van der Waals surface area contributed by atoms with Crippen molar-refractivity contribution in [3.8, 4) is 5.75 Å².